The lowest BCUT2D eigenvalue weighted by Crippen LogP contribution is -2.30. The molecule has 1 amide bonds. The van der Waals surface area contributed by atoms with E-state index in [-0.39, 0.29) is 27.6 Å². The van der Waals surface area contributed by atoms with Crippen molar-refractivity contribution in [2.75, 3.05) is 18.4 Å². The van der Waals surface area contributed by atoms with Gasteiger partial charge in [0.2, 0.25) is 10.0 Å². The lowest BCUT2D eigenvalue weighted by Gasteiger charge is -2.20. The summed E-state index contributed by atoms with van der Waals surface area (Å²) in [4.78, 5) is 24.4. The highest BCUT2D eigenvalue weighted by Gasteiger charge is 2.24. The Balaban J connectivity index is 2.03. The number of hydrogen-bond donors (Lipinski definition) is 1. The zero-order valence-corrected chi connectivity index (χ0v) is 19.9. The number of halogens is 1. The molecule has 11 heteroatoms. The molecule has 3 rings (SSSR count). The van der Waals surface area contributed by atoms with E-state index in [9.17, 15) is 18.0 Å². The van der Waals surface area contributed by atoms with Gasteiger partial charge < -0.3 is 10.1 Å². The first kappa shape index (κ1) is 24.4. The Labute approximate surface area is 196 Å². The number of amides is 1. The third-order valence-corrected chi connectivity index (χ3v) is 7.07. The molecule has 0 saturated heterocycles. The molecule has 0 bridgehead atoms. The summed E-state index contributed by atoms with van der Waals surface area (Å²) >= 11 is 5.92. The van der Waals surface area contributed by atoms with E-state index in [1.165, 1.54) is 41.7 Å². The Morgan fingerprint density at radius 2 is 1.76 bits per heavy atom. The summed E-state index contributed by atoms with van der Waals surface area (Å²) < 4.78 is 34.2. The highest BCUT2D eigenvalue weighted by molar-refractivity contribution is 7.89. The third kappa shape index (κ3) is 5.59. The molecular weight excluding hydrogens is 468 g/mol. The average molecular weight is 491 g/mol. The summed E-state index contributed by atoms with van der Waals surface area (Å²) in [7, 11) is -2.36. The maximum Gasteiger partial charge on any atom is 0.276 e. The highest BCUT2D eigenvalue weighted by atomic mass is 35.5. The number of hydrogen-bond acceptors (Lipinski definition) is 6. The fourth-order valence-electron chi connectivity index (χ4n) is 3.01. The van der Waals surface area contributed by atoms with Crippen LogP contribution in [0.4, 0.5) is 5.69 Å². The van der Waals surface area contributed by atoms with E-state index in [2.05, 4.69) is 10.4 Å². The monoisotopic (exact) mass is 490 g/mol. The van der Waals surface area contributed by atoms with Crippen LogP contribution >= 0.6 is 11.6 Å². The van der Waals surface area contributed by atoms with Gasteiger partial charge in [0.15, 0.2) is 5.75 Å². The van der Waals surface area contributed by atoms with E-state index >= 15 is 0 Å². The van der Waals surface area contributed by atoms with Gasteiger partial charge in [-0.1, -0.05) is 25.4 Å². The van der Waals surface area contributed by atoms with Gasteiger partial charge in [-0.2, -0.15) is 9.40 Å². The Morgan fingerprint density at radius 3 is 2.36 bits per heavy atom. The second-order valence-electron chi connectivity index (χ2n) is 6.94. The minimum absolute atomic E-state index is 0.00150. The van der Waals surface area contributed by atoms with Crippen molar-refractivity contribution in [3.8, 4) is 11.5 Å². The molecule has 33 heavy (non-hydrogen) atoms. The molecule has 0 aliphatic rings. The minimum Gasteiger partial charge on any atom is -0.455 e. The van der Waals surface area contributed by atoms with Crippen LogP contribution in [0.1, 0.15) is 24.3 Å². The van der Waals surface area contributed by atoms with Crippen LogP contribution in [-0.2, 0) is 17.1 Å². The summed E-state index contributed by atoms with van der Waals surface area (Å²) in [5.74, 6) is 0.0208. The minimum atomic E-state index is -3.78. The van der Waals surface area contributed by atoms with Gasteiger partial charge in [0.05, 0.1) is 10.6 Å². The van der Waals surface area contributed by atoms with E-state index < -0.39 is 15.9 Å². The summed E-state index contributed by atoms with van der Waals surface area (Å²) in [5, 5.41) is 7.10. The van der Waals surface area contributed by atoms with Crippen molar-refractivity contribution in [3.05, 3.63) is 75.7 Å². The highest BCUT2D eigenvalue weighted by Crippen LogP contribution is 2.33. The van der Waals surface area contributed by atoms with Crippen molar-refractivity contribution in [2.45, 2.75) is 18.7 Å². The predicted octanol–water partition coefficient (Wildman–Crippen LogP) is 3.51. The molecule has 0 radical (unpaired) electrons. The Bertz CT molecular complexity index is 1320. The quantitative estimate of drug-likeness (QED) is 0.517. The number of ether oxygens (including phenoxy) is 1. The van der Waals surface area contributed by atoms with Gasteiger partial charge in [-0.25, -0.2) is 13.1 Å². The van der Waals surface area contributed by atoms with Crippen molar-refractivity contribution in [1.29, 1.82) is 0 Å². The summed E-state index contributed by atoms with van der Waals surface area (Å²) in [6.07, 6.45) is 0. The number of carbonyl (C=O) groups excluding carboxylic acids is 1. The second-order valence-corrected chi connectivity index (χ2v) is 9.31. The number of aryl methyl sites for hydroxylation is 1. The molecule has 0 aliphatic carbocycles. The van der Waals surface area contributed by atoms with Crippen LogP contribution in [0.3, 0.4) is 0 Å². The van der Waals surface area contributed by atoms with Crippen molar-refractivity contribution < 1.29 is 17.9 Å². The van der Waals surface area contributed by atoms with Gasteiger partial charge in [-0.15, -0.1) is 0 Å². The number of nitrogens with zero attached hydrogens (tertiary/aromatic N) is 3. The third-order valence-electron chi connectivity index (χ3n) is 4.78. The van der Waals surface area contributed by atoms with Crippen molar-refractivity contribution in [1.82, 2.24) is 14.1 Å². The molecule has 0 aliphatic heterocycles. The maximum atomic E-state index is 13.0. The summed E-state index contributed by atoms with van der Waals surface area (Å²) in [6.45, 7) is 4.08. The molecular formula is C22H23ClN4O5S. The van der Waals surface area contributed by atoms with Crippen LogP contribution in [0.25, 0.3) is 0 Å². The van der Waals surface area contributed by atoms with Gasteiger partial charge >= 0.3 is 0 Å². The molecule has 0 atom stereocenters. The number of benzene rings is 2. The number of nitrogens with one attached hydrogen (secondary N) is 1. The molecule has 3 aromatic rings. The van der Waals surface area contributed by atoms with Gasteiger partial charge in [0.25, 0.3) is 11.5 Å². The van der Waals surface area contributed by atoms with E-state index in [4.69, 9.17) is 16.3 Å². The van der Waals surface area contributed by atoms with E-state index in [1.54, 1.807) is 38.1 Å². The standard InChI is InChI=1S/C22H23ClN4O5S/c1-4-27(5-2)33(30,31)17-10-12-20(32-16-8-6-15(23)7-9-16)19(14-17)24-22(29)18-11-13-21(28)26(3)25-18/h6-14H,4-5H2,1-3H3,(H,24,29). The molecule has 174 valence electrons. The fraction of sp³-hybridized carbons (Fsp3) is 0.227. The van der Waals surface area contributed by atoms with Gasteiger partial charge in [0, 0.05) is 31.2 Å². The summed E-state index contributed by atoms with van der Waals surface area (Å²) in [5.41, 5.74) is -0.268. The van der Waals surface area contributed by atoms with Crippen molar-refractivity contribution >= 4 is 33.2 Å². The Kier molecular flexibility index (Phi) is 7.52. The van der Waals surface area contributed by atoms with Crippen LogP contribution in [-0.4, -0.2) is 41.5 Å². The normalized spacial score (nSPS) is 11.4. The van der Waals surface area contributed by atoms with E-state index in [0.29, 0.717) is 23.9 Å². The van der Waals surface area contributed by atoms with Crippen LogP contribution in [0.2, 0.25) is 5.02 Å². The van der Waals surface area contributed by atoms with Crippen LogP contribution in [0.15, 0.2) is 64.3 Å². The molecule has 9 nitrogen and oxygen atoms in total. The maximum absolute atomic E-state index is 13.0. The first-order valence-electron chi connectivity index (χ1n) is 10.1. The topological polar surface area (TPSA) is 111 Å². The molecule has 0 fully saturated rings. The zero-order chi connectivity index (χ0) is 24.2. The van der Waals surface area contributed by atoms with Gasteiger partial charge in [-0.3, -0.25) is 9.59 Å². The van der Waals surface area contributed by atoms with Gasteiger partial charge in [0.1, 0.15) is 11.4 Å². The SMILES string of the molecule is CCN(CC)S(=O)(=O)c1ccc(Oc2ccc(Cl)cc2)c(NC(=O)c2ccc(=O)n(C)n2)c1. The smallest absolute Gasteiger partial charge is 0.276 e. The number of anilines is 1. The Hall–Kier alpha value is -3.21. The van der Waals surface area contributed by atoms with E-state index in [0.717, 1.165) is 4.68 Å². The van der Waals surface area contributed by atoms with Gasteiger partial charge in [-0.05, 0) is 48.5 Å². The predicted molar refractivity (Wildman–Crippen MR) is 126 cm³/mol. The number of sulfonamides is 1. The first-order valence-corrected chi connectivity index (χ1v) is 11.9. The zero-order valence-electron chi connectivity index (χ0n) is 18.3. The molecule has 0 saturated carbocycles. The van der Waals surface area contributed by atoms with Crippen molar-refractivity contribution in [2.24, 2.45) is 7.05 Å². The number of carbonyl (C=O) groups is 1. The Morgan fingerprint density at radius 1 is 1.09 bits per heavy atom. The largest absolute Gasteiger partial charge is 0.455 e. The second kappa shape index (κ2) is 10.2. The molecule has 0 spiro atoms. The van der Waals surface area contributed by atoms with Crippen molar-refractivity contribution in [3.63, 3.8) is 0 Å². The summed E-state index contributed by atoms with van der Waals surface area (Å²) in [6, 6.07) is 13.3. The lowest BCUT2D eigenvalue weighted by atomic mass is 10.2. The average Bonchev–Trinajstić information content (AvgIpc) is 2.78. The molecule has 0 unspecified atom stereocenters. The molecule has 1 heterocycles. The van der Waals surface area contributed by atoms with Crippen LogP contribution in [0, 0.1) is 0 Å². The molecule has 1 N–H and O–H groups in total. The van der Waals surface area contributed by atoms with E-state index in [1.807, 2.05) is 0 Å². The molecule has 2 aromatic carbocycles. The fourth-order valence-corrected chi connectivity index (χ4v) is 4.62. The molecule has 1 aromatic heterocycles. The number of rotatable bonds is 8. The lowest BCUT2D eigenvalue weighted by molar-refractivity contribution is 0.101. The number of aromatic nitrogens is 2. The van der Waals surface area contributed by atoms with Crippen LogP contribution < -0.4 is 15.6 Å². The van der Waals surface area contributed by atoms with Crippen LogP contribution in [0.5, 0.6) is 11.5 Å². The first-order chi connectivity index (χ1) is 15.6.